The molecule has 24 heavy (non-hydrogen) atoms. The fourth-order valence-corrected chi connectivity index (χ4v) is 2.69. The average Bonchev–Trinajstić information content (AvgIpc) is 2.99. The van der Waals surface area contributed by atoms with Crippen LogP contribution in [-0.4, -0.2) is 33.6 Å². The van der Waals surface area contributed by atoms with Crippen LogP contribution in [0.25, 0.3) is 16.9 Å². The summed E-state index contributed by atoms with van der Waals surface area (Å²) in [5.74, 6) is -0.939. The molecule has 0 saturated carbocycles. The minimum absolute atomic E-state index is 0. The van der Waals surface area contributed by atoms with Gasteiger partial charge in [-0.3, -0.25) is 0 Å². The first-order valence-corrected chi connectivity index (χ1v) is 7.69. The van der Waals surface area contributed by atoms with E-state index in [1.807, 2.05) is 18.3 Å². The number of aromatic carboxylic acids is 1. The first kappa shape index (κ1) is 18.0. The van der Waals surface area contributed by atoms with Crippen LogP contribution in [0.5, 0.6) is 0 Å². The number of fused-ring (bicyclic) bond motifs is 1. The van der Waals surface area contributed by atoms with Crippen molar-refractivity contribution in [3.8, 4) is 11.3 Å². The summed E-state index contributed by atoms with van der Waals surface area (Å²) in [7, 11) is 0. The van der Waals surface area contributed by atoms with Gasteiger partial charge in [0.15, 0.2) is 0 Å². The Hall–Kier alpha value is -2.34. The molecule has 126 valence electrons. The van der Waals surface area contributed by atoms with Crippen molar-refractivity contribution in [2.45, 2.75) is 13.8 Å². The minimum atomic E-state index is -0.939. The van der Waals surface area contributed by atoms with E-state index in [0.29, 0.717) is 0 Å². The van der Waals surface area contributed by atoms with Gasteiger partial charge >= 0.3 is 5.97 Å². The lowest BCUT2D eigenvalue weighted by Gasteiger charge is -2.20. The molecule has 0 aliphatic carbocycles. The van der Waals surface area contributed by atoms with Crippen LogP contribution in [0.4, 0.5) is 5.69 Å². The number of carboxylic acids is 1. The van der Waals surface area contributed by atoms with Crippen molar-refractivity contribution in [1.82, 2.24) is 9.38 Å². The predicted octanol–water partition coefficient (Wildman–Crippen LogP) is 4.12. The van der Waals surface area contributed by atoms with Crippen LogP contribution in [0.15, 0.2) is 48.8 Å². The first-order chi connectivity index (χ1) is 11.1. The van der Waals surface area contributed by atoms with E-state index in [4.69, 9.17) is 5.11 Å². The van der Waals surface area contributed by atoms with E-state index in [0.717, 1.165) is 30.0 Å². The van der Waals surface area contributed by atoms with Gasteiger partial charge in [0.1, 0.15) is 5.65 Å². The molecule has 2 heterocycles. The molecule has 0 unspecified atom stereocenters. The standard InChI is InChI=1S/C18H19N3O2.BrH/c1-3-20(4-2)15-8-5-13(6-9-15)16-12-21-11-14(18(22)23)7-10-17(21)19-16;/h5-12H,3-4H2,1-2H3,(H,22,23);1H. The van der Waals surface area contributed by atoms with E-state index in [-0.39, 0.29) is 22.5 Å². The molecule has 0 amide bonds. The number of anilines is 1. The van der Waals surface area contributed by atoms with Gasteiger partial charge in [0, 0.05) is 36.7 Å². The molecule has 0 bridgehead atoms. The van der Waals surface area contributed by atoms with Gasteiger partial charge in [-0.1, -0.05) is 12.1 Å². The monoisotopic (exact) mass is 389 g/mol. The maximum Gasteiger partial charge on any atom is 0.337 e. The van der Waals surface area contributed by atoms with Gasteiger partial charge in [0.05, 0.1) is 11.3 Å². The summed E-state index contributed by atoms with van der Waals surface area (Å²) in [4.78, 5) is 17.9. The van der Waals surface area contributed by atoms with Crippen LogP contribution < -0.4 is 4.90 Å². The van der Waals surface area contributed by atoms with Crippen LogP contribution in [0.2, 0.25) is 0 Å². The zero-order chi connectivity index (χ0) is 16.4. The number of pyridine rings is 1. The average molecular weight is 390 g/mol. The Morgan fingerprint density at radius 2 is 1.75 bits per heavy atom. The number of benzene rings is 1. The highest BCUT2D eigenvalue weighted by molar-refractivity contribution is 8.93. The van der Waals surface area contributed by atoms with Crippen LogP contribution in [0.1, 0.15) is 24.2 Å². The van der Waals surface area contributed by atoms with Crippen molar-refractivity contribution in [2.24, 2.45) is 0 Å². The molecule has 0 fully saturated rings. The third-order valence-electron chi connectivity index (χ3n) is 3.99. The molecule has 0 spiro atoms. The van der Waals surface area contributed by atoms with E-state index in [1.165, 1.54) is 5.69 Å². The molecule has 0 saturated heterocycles. The third-order valence-corrected chi connectivity index (χ3v) is 3.99. The number of aromatic nitrogens is 2. The van der Waals surface area contributed by atoms with E-state index in [2.05, 4.69) is 35.9 Å². The lowest BCUT2D eigenvalue weighted by molar-refractivity contribution is 0.0696. The number of carboxylic acid groups (broad SMARTS) is 1. The number of carbonyl (C=O) groups is 1. The number of imidazole rings is 1. The van der Waals surface area contributed by atoms with Crippen molar-refractivity contribution in [2.75, 3.05) is 18.0 Å². The Morgan fingerprint density at radius 1 is 1.08 bits per heavy atom. The quantitative estimate of drug-likeness (QED) is 0.712. The molecule has 6 heteroatoms. The topological polar surface area (TPSA) is 57.8 Å². The maximum atomic E-state index is 11.0. The van der Waals surface area contributed by atoms with Crippen molar-refractivity contribution in [1.29, 1.82) is 0 Å². The molecule has 1 N–H and O–H groups in total. The second-order valence-electron chi connectivity index (χ2n) is 5.33. The molecule has 0 aliphatic heterocycles. The highest BCUT2D eigenvalue weighted by Crippen LogP contribution is 2.23. The van der Waals surface area contributed by atoms with Gasteiger partial charge in [-0.05, 0) is 38.1 Å². The second-order valence-corrected chi connectivity index (χ2v) is 5.33. The normalized spacial score (nSPS) is 10.4. The lowest BCUT2D eigenvalue weighted by atomic mass is 10.1. The van der Waals surface area contributed by atoms with Crippen LogP contribution in [0, 0.1) is 0 Å². The Kier molecular flexibility index (Phi) is 5.62. The summed E-state index contributed by atoms with van der Waals surface area (Å²) in [6.45, 7) is 6.23. The minimum Gasteiger partial charge on any atom is -0.478 e. The van der Waals surface area contributed by atoms with Gasteiger partial charge in [-0.15, -0.1) is 17.0 Å². The van der Waals surface area contributed by atoms with E-state index in [9.17, 15) is 4.79 Å². The number of hydrogen-bond acceptors (Lipinski definition) is 3. The molecule has 0 atom stereocenters. The Labute approximate surface area is 151 Å². The summed E-state index contributed by atoms with van der Waals surface area (Å²) in [5, 5.41) is 9.06. The number of rotatable bonds is 5. The summed E-state index contributed by atoms with van der Waals surface area (Å²) in [5.41, 5.74) is 4.02. The van der Waals surface area contributed by atoms with Crippen molar-refractivity contribution in [3.05, 3.63) is 54.4 Å². The van der Waals surface area contributed by atoms with Crippen molar-refractivity contribution < 1.29 is 9.90 Å². The van der Waals surface area contributed by atoms with Gasteiger partial charge < -0.3 is 14.4 Å². The SMILES string of the molecule is Br.CCN(CC)c1ccc(-c2cn3cc(C(=O)O)ccc3n2)cc1. The molecular formula is C18H20BrN3O2. The molecule has 0 aliphatic rings. The summed E-state index contributed by atoms with van der Waals surface area (Å²) < 4.78 is 1.75. The second kappa shape index (κ2) is 7.49. The van der Waals surface area contributed by atoms with E-state index in [1.54, 1.807) is 22.7 Å². The number of nitrogens with zero attached hydrogens (tertiary/aromatic N) is 3. The molecule has 2 aromatic heterocycles. The summed E-state index contributed by atoms with van der Waals surface area (Å²) >= 11 is 0. The van der Waals surface area contributed by atoms with Gasteiger partial charge in [-0.2, -0.15) is 0 Å². The summed E-state index contributed by atoms with van der Waals surface area (Å²) in [6.07, 6.45) is 3.44. The highest BCUT2D eigenvalue weighted by Gasteiger charge is 2.08. The van der Waals surface area contributed by atoms with E-state index >= 15 is 0 Å². The Balaban J connectivity index is 0.00000208. The van der Waals surface area contributed by atoms with Crippen LogP contribution in [0.3, 0.4) is 0 Å². The number of hydrogen-bond donors (Lipinski definition) is 1. The molecule has 3 aromatic rings. The molecule has 0 radical (unpaired) electrons. The summed E-state index contributed by atoms with van der Waals surface area (Å²) in [6, 6.07) is 11.6. The van der Waals surface area contributed by atoms with Gasteiger partial charge in [0.2, 0.25) is 0 Å². The largest absolute Gasteiger partial charge is 0.478 e. The lowest BCUT2D eigenvalue weighted by Crippen LogP contribution is -2.21. The van der Waals surface area contributed by atoms with Crippen molar-refractivity contribution in [3.63, 3.8) is 0 Å². The molecule has 3 rings (SSSR count). The van der Waals surface area contributed by atoms with Crippen molar-refractivity contribution >= 4 is 34.3 Å². The zero-order valence-electron chi connectivity index (χ0n) is 13.6. The molecule has 5 nitrogen and oxygen atoms in total. The third kappa shape index (κ3) is 3.43. The van der Waals surface area contributed by atoms with Crippen LogP contribution >= 0.6 is 17.0 Å². The first-order valence-electron chi connectivity index (χ1n) is 7.69. The fourth-order valence-electron chi connectivity index (χ4n) is 2.69. The Morgan fingerprint density at radius 3 is 2.33 bits per heavy atom. The Bertz CT molecular complexity index is 839. The molecule has 1 aromatic carbocycles. The fraction of sp³-hybridized carbons (Fsp3) is 0.222. The predicted molar refractivity (Wildman–Crippen MR) is 101 cm³/mol. The van der Waals surface area contributed by atoms with Crippen LogP contribution in [-0.2, 0) is 0 Å². The van der Waals surface area contributed by atoms with Gasteiger partial charge in [-0.25, -0.2) is 9.78 Å². The highest BCUT2D eigenvalue weighted by atomic mass is 79.9. The molecular weight excluding hydrogens is 370 g/mol. The number of halogens is 1. The zero-order valence-corrected chi connectivity index (χ0v) is 15.4. The maximum absolute atomic E-state index is 11.0. The van der Waals surface area contributed by atoms with Gasteiger partial charge in [0.25, 0.3) is 0 Å². The van der Waals surface area contributed by atoms with E-state index < -0.39 is 5.97 Å². The smallest absolute Gasteiger partial charge is 0.337 e.